The van der Waals surface area contributed by atoms with Crippen LogP contribution in [0.25, 0.3) is 11.1 Å². The van der Waals surface area contributed by atoms with Gasteiger partial charge in [0.15, 0.2) is 23.0 Å². The van der Waals surface area contributed by atoms with E-state index in [4.69, 9.17) is 44.7 Å². The van der Waals surface area contributed by atoms with Crippen LogP contribution in [0.1, 0.15) is 219 Å². The van der Waals surface area contributed by atoms with Crippen LogP contribution in [0.4, 0.5) is 17.5 Å². The molecule has 5 aromatic carbocycles. The first-order chi connectivity index (χ1) is 67.8. The van der Waals surface area contributed by atoms with Crippen LogP contribution in [-0.4, -0.2) is 183 Å². The number of aromatic nitrogens is 13. The molecule has 1 aliphatic carbocycles. The minimum atomic E-state index is -1.05. The number of rotatable bonds is 19. The third kappa shape index (κ3) is 36.9. The van der Waals surface area contributed by atoms with E-state index >= 15 is 0 Å². The van der Waals surface area contributed by atoms with Gasteiger partial charge in [0.25, 0.3) is 11.8 Å². The van der Waals surface area contributed by atoms with Gasteiger partial charge < -0.3 is 33.0 Å². The number of nitrogens with zero attached hydrogens (tertiary/aromatic N) is 15. The van der Waals surface area contributed by atoms with E-state index in [1.165, 1.54) is 29.7 Å². The quantitative estimate of drug-likeness (QED) is 0.0432. The molecule has 40 heteroatoms. The molecule has 4 fully saturated rings. The molecular weight excluding hydrogens is 2860 g/mol. The molecule has 1 saturated carbocycles. The van der Waals surface area contributed by atoms with Crippen molar-refractivity contribution in [3.05, 3.63) is 260 Å². The zero-order valence-corrected chi connectivity index (χ0v) is 106. The fourth-order valence-electron chi connectivity index (χ4n) is 16.4. The number of fused-ring (bicyclic) bond motifs is 1. The molecule has 0 spiro atoms. The van der Waals surface area contributed by atoms with Crippen LogP contribution >= 0.6 is 178 Å². The number of ether oxygens (including phenoxy) is 5. The average molecular weight is 2990 g/mol. The Morgan fingerprint density at radius 1 is 0.507 bits per heavy atom. The summed E-state index contributed by atoms with van der Waals surface area (Å²) < 4.78 is 43.0. The van der Waals surface area contributed by atoms with E-state index in [1.54, 1.807) is 65.3 Å². The third-order valence-corrected chi connectivity index (χ3v) is 26.9. The number of benzene rings is 5. The van der Waals surface area contributed by atoms with E-state index in [0.717, 1.165) is 185 Å². The summed E-state index contributed by atoms with van der Waals surface area (Å²) in [6.45, 7) is 40.0. The fraction of sp³-hybridized carbons (Fsp3) is 0.433. The molecule has 17 rings (SSSR count). The number of carbonyl (C=O) groups is 4. The van der Waals surface area contributed by atoms with Crippen molar-refractivity contribution >= 4 is 253 Å². The molecule has 3 aliphatic heterocycles. The zero-order valence-electron chi connectivity index (χ0n) is 86.1. The molecule has 4 aliphatic rings. The van der Waals surface area contributed by atoms with Crippen molar-refractivity contribution in [2.45, 2.75) is 218 Å². The number of amides is 4. The van der Waals surface area contributed by atoms with Gasteiger partial charge in [0, 0.05) is 168 Å². The number of hydrogen-bond acceptors (Lipinski definition) is 17. The van der Waals surface area contributed by atoms with Crippen LogP contribution < -0.4 is 51.6 Å². The van der Waals surface area contributed by atoms with Crippen LogP contribution in [0.3, 0.4) is 0 Å². The van der Waals surface area contributed by atoms with Crippen LogP contribution in [0, 0.1) is 68.9 Å². The summed E-state index contributed by atoms with van der Waals surface area (Å²) >= 11 is 21.8. The van der Waals surface area contributed by atoms with Gasteiger partial charge in [0.1, 0.15) is 53.0 Å². The number of halogens is 10. The Hall–Kier alpha value is -6.02. The predicted octanol–water partition coefficient (Wildman–Crippen LogP) is 22.6. The molecule has 5 radical (unpaired) electrons. The van der Waals surface area contributed by atoms with E-state index in [-0.39, 0.29) is 71.0 Å². The Morgan fingerprint density at radius 3 is 1.32 bits per heavy atom. The number of H-pyrrole nitrogens is 2. The number of alkyl halides is 1. The van der Waals surface area contributed by atoms with E-state index in [9.17, 15) is 19.2 Å². The van der Waals surface area contributed by atoms with Crippen molar-refractivity contribution in [1.29, 1.82) is 0 Å². The van der Waals surface area contributed by atoms with E-state index < -0.39 is 5.54 Å². The first-order valence-corrected chi connectivity index (χ1v) is 69.4. The monoisotopic (exact) mass is 2990 g/mol. The van der Waals surface area contributed by atoms with Crippen LogP contribution in [-0.2, 0) is 51.9 Å². The number of carbonyl (C=O) groups excluding carboxylic acids is 4. The number of anilines is 3. The molecule has 144 heavy (non-hydrogen) atoms. The Bertz CT molecular complexity index is 6050. The van der Waals surface area contributed by atoms with E-state index in [2.05, 4.69) is 283 Å². The predicted molar refractivity (Wildman–Crippen MR) is 650 cm³/mol. The van der Waals surface area contributed by atoms with Gasteiger partial charge in [-0.05, 0) is 298 Å². The number of aromatic amines is 2. The van der Waals surface area contributed by atoms with Gasteiger partial charge in [-0.3, -0.25) is 58.1 Å². The second-order valence-corrected chi connectivity index (χ2v) is 58.3. The van der Waals surface area contributed by atoms with Crippen molar-refractivity contribution in [2.24, 2.45) is 16.2 Å². The van der Waals surface area contributed by atoms with Crippen molar-refractivity contribution in [1.82, 2.24) is 69.4 Å². The molecule has 775 valence electrons. The number of methoxy groups -OCH3 is 5. The summed E-state index contributed by atoms with van der Waals surface area (Å²) in [4.78, 5) is 64.8. The minimum absolute atomic E-state index is 0. The Kier molecular flexibility index (Phi) is 51.8. The SMILES string of the molecule is COc1ccc(CCl)cc1.COc1ccc(Cn2nc(C)cc2I)cc1.COc1ccc(Cn2nc(C)cc2N2CCCC(C)(C)C2=O)cc1.COc1ccc(Cn2nc(I)cc2C)cc1.COc1ccc(Cn2nc(N3CCCC(C)(C)C3=O)cc2C)cc1.Cc1cc(I)n[nH]1.Cc1cc(N2CCN(C(=O)c3cc4nc(C5CCC(C)(C)CC5)cc(C(C)(C)C)c4o3)C(C)(C)C2=O)n[nH]1.I.II.I[I-]I.[B][B][B].[HH]. The van der Waals surface area contributed by atoms with Crippen molar-refractivity contribution in [3.8, 4) is 28.7 Å². The number of furan rings is 1. The van der Waals surface area contributed by atoms with Gasteiger partial charge in [-0.2, -0.15) is 30.6 Å². The van der Waals surface area contributed by atoms with Gasteiger partial charge in [0.2, 0.25) is 11.8 Å². The molecule has 27 nitrogen and oxygen atoms in total. The van der Waals surface area contributed by atoms with Gasteiger partial charge in [0.05, 0.1) is 76.8 Å². The second kappa shape index (κ2) is 59.7. The van der Waals surface area contributed by atoms with Gasteiger partial charge in [-0.25, -0.2) is 9.67 Å². The zero-order chi connectivity index (χ0) is 105. The molecule has 0 bridgehead atoms. The summed E-state index contributed by atoms with van der Waals surface area (Å²) in [6.07, 6.45) is 8.52. The first kappa shape index (κ1) is 125. The summed E-state index contributed by atoms with van der Waals surface area (Å²) in [5.74, 6) is 7.64. The Morgan fingerprint density at radius 2 is 0.917 bits per heavy atom. The van der Waals surface area contributed by atoms with Gasteiger partial charge in [-0.1, -0.05) is 123 Å². The Labute approximate surface area is 971 Å². The fourth-order valence-corrected chi connectivity index (χ4v) is 18.7. The molecule has 0 unspecified atom stereocenters. The normalized spacial score (nSPS) is 14.8. The Balaban J connectivity index is 0.000000267. The van der Waals surface area contributed by atoms with Crippen LogP contribution in [0.5, 0.6) is 28.7 Å². The largest absolute Gasteiger partial charge is 0 e. The summed E-state index contributed by atoms with van der Waals surface area (Å²) in [5, 5.41) is 32.0. The van der Waals surface area contributed by atoms with Crippen molar-refractivity contribution < 1.29 is 62.0 Å². The molecule has 0 atom stereocenters. The molecule has 3 saturated heterocycles. The minimum Gasteiger partial charge on any atom is 0 e. The average Bonchev–Trinajstić information content (AvgIpc) is 1.66. The standard InChI is InChI=1S/C30H41N5O3.2C19H25N3O2.2C12H13IN2O.C8H9ClO.C4H5IN2.B3.I3.I2.HI.H2/c1-18-15-24(33-32-18)34-13-14-35(30(7,8)27(34)37)26(36)23-17-22-25(38-23)20(28(2,3)4)16-21(31-22)19-9-11-29(5,6)12-10-19;1-14-12-17(21-11-5-10-19(2,3)18(21)23)20-22(14)13-15-6-8-16(24-4)9-7-15;1-14-12-17(21-11-5-10-19(2,3)18(21)23)22(20-14)13-15-6-8-16(24-4)9-7-15;1-9-7-12(13)14-15(9)8-10-3-5-11(16-2)6-4-10;1-9-7-12(13)15(14-9)8-10-3-5-11(16-2)6-4-10;1-10-8-4-2-7(6-9)3-5-8;1-3-2-4(5)7-6-3;2*1-3-2;1-2;;/h15-17,19H,9-14H2,1-8H3,(H,32,33);2*6-9,12H,5,10-11,13H2,1-4H3;2*3-7H,8H2,1-2H3;2-5H,6H2,1H3;2H,1H3,(H,6,7);;;;2*1H/q;;;;;;;;-1;;;. The molecule has 2 N–H and O–H groups in total. The smallest absolute Gasteiger partial charge is 0 e. The number of hydrogen-bond donors (Lipinski definition) is 2. The van der Waals surface area contributed by atoms with E-state index in [1.807, 2.05) is 212 Å². The molecular formula is C104H134B3ClI9N17O10-. The first-order valence-electron chi connectivity index (χ1n) is 46.7. The van der Waals surface area contributed by atoms with Crippen LogP contribution in [0.2, 0.25) is 0 Å². The molecule has 8 aromatic heterocycles. The van der Waals surface area contributed by atoms with Crippen molar-refractivity contribution in [2.75, 3.05) is 76.4 Å². The van der Waals surface area contributed by atoms with Crippen LogP contribution in [0.15, 0.2) is 174 Å². The second-order valence-electron chi connectivity index (χ2n) is 38.5. The van der Waals surface area contributed by atoms with Gasteiger partial charge >= 0.3 is 50.5 Å². The number of nitrogens with one attached hydrogen (secondary N) is 2. The number of pyridine rings is 1. The third-order valence-electron chi connectivity index (χ3n) is 24.7. The molecule has 11 heterocycles. The van der Waals surface area contributed by atoms with Crippen molar-refractivity contribution in [3.63, 3.8) is 0 Å². The topological polar surface area (TPSA) is 282 Å². The van der Waals surface area contributed by atoms with Gasteiger partial charge in [-0.15, -0.1) is 35.6 Å². The maximum absolute atomic E-state index is 13.8. The maximum atomic E-state index is 13.8. The molecule has 4 amide bonds. The number of aryl methyl sites for hydroxylation is 6. The number of piperidine rings is 2. The van der Waals surface area contributed by atoms with E-state index in [0.29, 0.717) is 68.0 Å². The molecule has 13 aromatic rings. The maximum Gasteiger partial charge on any atom is 0 e. The summed E-state index contributed by atoms with van der Waals surface area (Å²) in [5.41, 5.74) is 14.1. The summed E-state index contributed by atoms with van der Waals surface area (Å²) in [7, 11) is 18.3. The summed E-state index contributed by atoms with van der Waals surface area (Å²) in [6, 6.07) is 55.7. The number of piperazine rings is 1.